The first-order valence-corrected chi connectivity index (χ1v) is 9.65. The molecule has 0 aliphatic carbocycles. The van der Waals surface area contributed by atoms with Crippen molar-refractivity contribution in [3.8, 4) is 0 Å². The highest BCUT2D eigenvalue weighted by atomic mass is 32.2. The summed E-state index contributed by atoms with van der Waals surface area (Å²) >= 11 is 1.45. The lowest BCUT2D eigenvalue weighted by Crippen LogP contribution is -2.19. The van der Waals surface area contributed by atoms with Gasteiger partial charge in [-0.15, -0.1) is 11.8 Å². The number of amides is 2. The van der Waals surface area contributed by atoms with E-state index in [4.69, 9.17) is 5.73 Å². The molecule has 4 N–H and O–H groups in total. The summed E-state index contributed by atoms with van der Waals surface area (Å²) < 4.78 is 0. The van der Waals surface area contributed by atoms with Gasteiger partial charge in [-0.05, 0) is 48.0 Å². The maximum absolute atomic E-state index is 13.0. The molecule has 6 heteroatoms. The molecule has 0 aliphatic rings. The molecule has 0 aromatic heterocycles. The quantitative estimate of drug-likeness (QED) is 0.420. The van der Waals surface area contributed by atoms with Gasteiger partial charge in [-0.2, -0.15) is 0 Å². The molecule has 28 heavy (non-hydrogen) atoms. The van der Waals surface area contributed by atoms with E-state index in [-0.39, 0.29) is 11.8 Å². The summed E-state index contributed by atoms with van der Waals surface area (Å²) in [5, 5.41) is 5.22. The number of rotatable bonds is 6. The summed E-state index contributed by atoms with van der Waals surface area (Å²) in [7, 11) is 0. The van der Waals surface area contributed by atoms with Crippen molar-refractivity contribution in [3.05, 3.63) is 84.4 Å². The second kappa shape index (κ2) is 9.10. The largest absolute Gasteiger partial charge is 0.399 e. The Balaban J connectivity index is 1.79. The van der Waals surface area contributed by atoms with Crippen LogP contribution >= 0.6 is 11.8 Å². The lowest BCUT2D eigenvalue weighted by atomic mass is 10.1. The first-order valence-electron chi connectivity index (χ1n) is 8.77. The van der Waals surface area contributed by atoms with Gasteiger partial charge in [0.15, 0.2) is 0 Å². The zero-order valence-corrected chi connectivity index (χ0v) is 16.2. The first kappa shape index (κ1) is 19.5. The second-order valence-corrected chi connectivity index (χ2v) is 7.41. The summed E-state index contributed by atoms with van der Waals surface area (Å²) in [6.07, 6.45) is 0. The van der Waals surface area contributed by atoms with Gasteiger partial charge in [-0.3, -0.25) is 9.59 Å². The van der Waals surface area contributed by atoms with Crippen molar-refractivity contribution in [3.63, 3.8) is 0 Å². The Labute approximate surface area is 168 Å². The summed E-state index contributed by atoms with van der Waals surface area (Å²) in [5.41, 5.74) is 8.78. The number of anilines is 3. The van der Waals surface area contributed by atoms with Crippen LogP contribution in [0.2, 0.25) is 0 Å². The molecule has 0 saturated carbocycles. The number of carbonyl (C=O) groups is 2. The van der Waals surface area contributed by atoms with Crippen molar-refractivity contribution in [2.45, 2.75) is 17.1 Å². The van der Waals surface area contributed by atoms with E-state index in [1.807, 2.05) is 54.6 Å². The minimum absolute atomic E-state index is 0.133. The Bertz CT molecular complexity index is 959. The lowest BCUT2D eigenvalue weighted by molar-refractivity contribution is -0.116. The van der Waals surface area contributed by atoms with Gasteiger partial charge in [0.2, 0.25) is 11.8 Å². The number of hydrogen-bond donors (Lipinski definition) is 3. The number of hydrogen-bond acceptors (Lipinski definition) is 4. The maximum Gasteiger partial charge on any atom is 0.242 e. The van der Waals surface area contributed by atoms with E-state index in [0.717, 1.165) is 10.5 Å². The molecule has 0 fully saturated rings. The van der Waals surface area contributed by atoms with E-state index in [0.29, 0.717) is 17.1 Å². The molecule has 3 rings (SSSR count). The number of nitrogens with two attached hydrogens (primary N) is 1. The SMILES string of the molecule is CC(=O)Nc1ccc(NC(=O)C(Sc2cccc(N)c2)c2ccccc2)cc1. The molecule has 3 aromatic carbocycles. The van der Waals surface area contributed by atoms with Crippen LogP contribution < -0.4 is 16.4 Å². The molecule has 0 radical (unpaired) electrons. The van der Waals surface area contributed by atoms with Crippen LogP contribution in [0.3, 0.4) is 0 Å². The van der Waals surface area contributed by atoms with Crippen LogP contribution in [0.15, 0.2) is 83.8 Å². The summed E-state index contributed by atoms with van der Waals surface area (Å²) in [6.45, 7) is 1.45. The molecular formula is C22H21N3O2S. The van der Waals surface area contributed by atoms with Crippen molar-refractivity contribution in [2.75, 3.05) is 16.4 Å². The van der Waals surface area contributed by atoms with Crippen LogP contribution in [-0.4, -0.2) is 11.8 Å². The zero-order chi connectivity index (χ0) is 19.9. The van der Waals surface area contributed by atoms with Crippen molar-refractivity contribution in [1.29, 1.82) is 0 Å². The number of benzene rings is 3. The molecule has 3 aromatic rings. The second-order valence-electron chi connectivity index (χ2n) is 6.23. The number of thioether (sulfide) groups is 1. The molecule has 5 nitrogen and oxygen atoms in total. The molecule has 2 amide bonds. The minimum Gasteiger partial charge on any atom is -0.399 e. The van der Waals surface area contributed by atoms with Crippen molar-refractivity contribution < 1.29 is 9.59 Å². The van der Waals surface area contributed by atoms with Gasteiger partial charge in [0.25, 0.3) is 0 Å². The molecule has 0 saturated heterocycles. The molecular weight excluding hydrogens is 370 g/mol. The molecule has 0 aliphatic heterocycles. The first-order chi connectivity index (χ1) is 13.5. The monoisotopic (exact) mass is 391 g/mol. The highest BCUT2D eigenvalue weighted by Crippen LogP contribution is 2.36. The summed E-state index contributed by atoms with van der Waals surface area (Å²) in [5.74, 6) is -0.273. The maximum atomic E-state index is 13.0. The standard InChI is InChI=1S/C22H21N3O2S/c1-15(26)24-18-10-12-19(13-11-18)25-22(27)21(16-6-3-2-4-7-16)28-20-9-5-8-17(23)14-20/h2-14,21H,23H2,1H3,(H,24,26)(H,25,27). The number of nitrogens with one attached hydrogen (secondary N) is 2. The molecule has 1 unspecified atom stereocenters. The Morgan fingerprint density at radius 3 is 2.11 bits per heavy atom. The van der Waals surface area contributed by atoms with Crippen LogP contribution in [0.5, 0.6) is 0 Å². The van der Waals surface area contributed by atoms with Crippen LogP contribution in [0.4, 0.5) is 17.1 Å². The molecule has 0 heterocycles. The van der Waals surface area contributed by atoms with Gasteiger partial charge in [0.05, 0.1) is 0 Å². The average molecular weight is 391 g/mol. The predicted molar refractivity (Wildman–Crippen MR) is 115 cm³/mol. The highest BCUT2D eigenvalue weighted by molar-refractivity contribution is 8.00. The van der Waals surface area contributed by atoms with Crippen molar-refractivity contribution >= 4 is 40.6 Å². The summed E-state index contributed by atoms with van der Waals surface area (Å²) in [4.78, 5) is 25.1. The molecule has 1 atom stereocenters. The van der Waals surface area contributed by atoms with Crippen molar-refractivity contribution in [1.82, 2.24) is 0 Å². The van der Waals surface area contributed by atoms with Crippen LogP contribution in [-0.2, 0) is 9.59 Å². The zero-order valence-electron chi connectivity index (χ0n) is 15.4. The molecule has 142 valence electrons. The molecule has 0 spiro atoms. The predicted octanol–water partition coefficient (Wildman–Crippen LogP) is 4.70. The highest BCUT2D eigenvalue weighted by Gasteiger charge is 2.22. The molecule has 0 bridgehead atoms. The van der Waals surface area contributed by atoms with Gasteiger partial charge in [-0.25, -0.2) is 0 Å². The van der Waals surface area contributed by atoms with Crippen LogP contribution in [0, 0.1) is 0 Å². The topological polar surface area (TPSA) is 84.2 Å². The van der Waals surface area contributed by atoms with Crippen LogP contribution in [0.25, 0.3) is 0 Å². The normalized spacial score (nSPS) is 11.5. The van der Waals surface area contributed by atoms with Gasteiger partial charge in [0.1, 0.15) is 5.25 Å². The van der Waals surface area contributed by atoms with E-state index in [9.17, 15) is 9.59 Å². The smallest absolute Gasteiger partial charge is 0.242 e. The van der Waals surface area contributed by atoms with E-state index >= 15 is 0 Å². The van der Waals surface area contributed by atoms with Gasteiger partial charge >= 0.3 is 0 Å². The fourth-order valence-corrected chi connectivity index (χ4v) is 3.77. The number of nitrogen functional groups attached to an aromatic ring is 1. The fraction of sp³-hybridized carbons (Fsp3) is 0.0909. The van der Waals surface area contributed by atoms with Crippen LogP contribution in [0.1, 0.15) is 17.7 Å². The van der Waals surface area contributed by atoms with Gasteiger partial charge in [-0.1, -0.05) is 36.4 Å². The Morgan fingerprint density at radius 2 is 1.50 bits per heavy atom. The fourth-order valence-electron chi connectivity index (χ4n) is 2.67. The van der Waals surface area contributed by atoms with E-state index in [1.165, 1.54) is 18.7 Å². The lowest BCUT2D eigenvalue weighted by Gasteiger charge is -2.17. The Kier molecular flexibility index (Phi) is 6.34. The third kappa shape index (κ3) is 5.37. The minimum atomic E-state index is -0.432. The third-order valence-electron chi connectivity index (χ3n) is 3.93. The van der Waals surface area contributed by atoms with E-state index in [1.54, 1.807) is 24.3 Å². The van der Waals surface area contributed by atoms with Gasteiger partial charge < -0.3 is 16.4 Å². The Hall–Kier alpha value is -3.25. The Morgan fingerprint density at radius 1 is 0.857 bits per heavy atom. The van der Waals surface area contributed by atoms with Gasteiger partial charge in [0, 0.05) is 28.9 Å². The third-order valence-corrected chi connectivity index (χ3v) is 5.17. The average Bonchev–Trinajstić information content (AvgIpc) is 2.68. The van der Waals surface area contributed by atoms with E-state index in [2.05, 4.69) is 10.6 Å². The number of carbonyl (C=O) groups excluding carboxylic acids is 2. The van der Waals surface area contributed by atoms with E-state index < -0.39 is 5.25 Å². The summed E-state index contributed by atoms with van der Waals surface area (Å²) in [6, 6.07) is 24.1. The van der Waals surface area contributed by atoms with Crippen molar-refractivity contribution in [2.24, 2.45) is 0 Å².